The van der Waals surface area contributed by atoms with E-state index in [2.05, 4.69) is 31.4 Å². The Labute approximate surface area is 171 Å². The Balaban J connectivity index is 1.47. The number of nitrogens with one attached hydrogen (secondary N) is 1. The average molecular weight is 449 g/mol. The van der Waals surface area contributed by atoms with Crippen molar-refractivity contribution in [3.8, 4) is 11.4 Å². The van der Waals surface area contributed by atoms with Crippen LogP contribution in [0.25, 0.3) is 11.4 Å². The maximum absolute atomic E-state index is 12.2. The monoisotopic (exact) mass is 447 g/mol. The van der Waals surface area contributed by atoms with Crippen molar-refractivity contribution in [2.24, 2.45) is 0 Å². The van der Waals surface area contributed by atoms with Gasteiger partial charge in [-0.25, -0.2) is 0 Å². The van der Waals surface area contributed by atoms with E-state index in [-0.39, 0.29) is 11.9 Å². The second-order valence-corrected chi connectivity index (χ2v) is 7.57. The molecule has 0 aliphatic carbocycles. The summed E-state index contributed by atoms with van der Waals surface area (Å²) in [5.74, 6) is 1.04. The second-order valence-electron chi connectivity index (χ2n) is 6.22. The quantitative estimate of drug-likeness (QED) is 0.529. The number of benzene rings is 2. The lowest BCUT2D eigenvalue weighted by Crippen LogP contribution is -2.26. The number of carbonyl (C=O) groups is 1. The minimum atomic E-state index is -0.0464. The molecule has 27 heavy (non-hydrogen) atoms. The normalized spacial score (nSPS) is 12.0. The standard InChI is InChI=1S/C20H19BrClN3O2/c1-13(15-4-2-5-16(21)12-15)23-18(26)6-3-7-19-24-20(25-27-19)14-8-10-17(22)11-9-14/h2,4-5,8-13H,3,6-7H2,1H3,(H,23,26). The van der Waals surface area contributed by atoms with Crippen molar-refractivity contribution >= 4 is 33.4 Å². The maximum atomic E-state index is 12.2. The van der Waals surface area contributed by atoms with Gasteiger partial charge in [0.1, 0.15) is 0 Å². The van der Waals surface area contributed by atoms with Crippen molar-refractivity contribution in [1.82, 2.24) is 15.5 Å². The molecule has 0 saturated carbocycles. The molecule has 0 bridgehead atoms. The largest absolute Gasteiger partial charge is 0.350 e. The molecular weight excluding hydrogens is 430 g/mol. The van der Waals surface area contributed by atoms with Crippen molar-refractivity contribution in [1.29, 1.82) is 0 Å². The third-order valence-corrected chi connectivity index (χ3v) is 4.84. The number of amides is 1. The van der Waals surface area contributed by atoms with Gasteiger partial charge >= 0.3 is 0 Å². The molecule has 1 amide bonds. The highest BCUT2D eigenvalue weighted by Gasteiger charge is 2.12. The summed E-state index contributed by atoms with van der Waals surface area (Å²) in [6.45, 7) is 1.97. The van der Waals surface area contributed by atoms with Crippen molar-refractivity contribution in [3.63, 3.8) is 0 Å². The van der Waals surface area contributed by atoms with E-state index in [0.717, 1.165) is 15.6 Å². The lowest BCUT2D eigenvalue weighted by molar-refractivity contribution is -0.121. The fourth-order valence-electron chi connectivity index (χ4n) is 2.65. The minimum Gasteiger partial charge on any atom is -0.350 e. The summed E-state index contributed by atoms with van der Waals surface area (Å²) in [6, 6.07) is 15.1. The van der Waals surface area contributed by atoms with Crippen LogP contribution in [-0.4, -0.2) is 16.0 Å². The van der Waals surface area contributed by atoms with Crippen LogP contribution in [0.2, 0.25) is 5.02 Å². The van der Waals surface area contributed by atoms with Crippen molar-refractivity contribution in [2.75, 3.05) is 0 Å². The van der Waals surface area contributed by atoms with Crippen LogP contribution in [0.5, 0.6) is 0 Å². The van der Waals surface area contributed by atoms with Gasteiger partial charge in [0.05, 0.1) is 6.04 Å². The molecule has 0 spiro atoms. The Hall–Kier alpha value is -2.18. The topological polar surface area (TPSA) is 68.0 Å². The number of hydrogen-bond acceptors (Lipinski definition) is 4. The van der Waals surface area contributed by atoms with E-state index in [0.29, 0.717) is 36.0 Å². The molecule has 3 aromatic rings. The second kappa shape index (κ2) is 9.15. The summed E-state index contributed by atoms with van der Waals surface area (Å²) >= 11 is 9.32. The molecule has 3 rings (SSSR count). The van der Waals surface area contributed by atoms with Crippen LogP contribution in [-0.2, 0) is 11.2 Å². The number of rotatable bonds is 7. The van der Waals surface area contributed by atoms with E-state index in [1.165, 1.54) is 0 Å². The first-order valence-corrected chi connectivity index (χ1v) is 9.82. The Morgan fingerprint density at radius 3 is 2.78 bits per heavy atom. The highest BCUT2D eigenvalue weighted by Crippen LogP contribution is 2.20. The van der Waals surface area contributed by atoms with E-state index >= 15 is 0 Å². The number of halogens is 2. The Morgan fingerprint density at radius 1 is 1.26 bits per heavy atom. The zero-order chi connectivity index (χ0) is 19.2. The number of hydrogen-bond donors (Lipinski definition) is 1. The lowest BCUT2D eigenvalue weighted by atomic mass is 10.1. The Morgan fingerprint density at radius 2 is 2.04 bits per heavy atom. The highest BCUT2D eigenvalue weighted by molar-refractivity contribution is 9.10. The summed E-state index contributed by atoms with van der Waals surface area (Å²) in [6.07, 6.45) is 1.59. The van der Waals surface area contributed by atoms with E-state index < -0.39 is 0 Å². The first-order chi connectivity index (χ1) is 13.0. The third kappa shape index (κ3) is 5.65. The van der Waals surface area contributed by atoms with E-state index in [1.807, 2.05) is 43.3 Å². The van der Waals surface area contributed by atoms with Gasteiger partial charge in [0.2, 0.25) is 17.6 Å². The Bertz CT molecular complexity index is 912. The van der Waals surface area contributed by atoms with Gasteiger partial charge in [-0.2, -0.15) is 4.98 Å². The number of aromatic nitrogens is 2. The molecule has 2 aromatic carbocycles. The third-order valence-electron chi connectivity index (χ3n) is 4.09. The molecule has 7 heteroatoms. The summed E-state index contributed by atoms with van der Waals surface area (Å²) in [5, 5.41) is 7.64. The van der Waals surface area contributed by atoms with Crippen molar-refractivity contribution in [3.05, 3.63) is 69.5 Å². The van der Waals surface area contributed by atoms with Crippen LogP contribution in [0, 0.1) is 0 Å². The average Bonchev–Trinajstić information content (AvgIpc) is 3.11. The number of nitrogens with zero attached hydrogens (tertiary/aromatic N) is 2. The Kier molecular flexibility index (Phi) is 6.63. The fourth-order valence-corrected chi connectivity index (χ4v) is 3.19. The van der Waals surface area contributed by atoms with Gasteiger partial charge in [0.15, 0.2) is 0 Å². The lowest BCUT2D eigenvalue weighted by Gasteiger charge is -2.14. The van der Waals surface area contributed by atoms with Crippen LogP contribution < -0.4 is 5.32 Å². The van der Waals surface area contributed by atoms with Crippen molar-refractivity contribution in [2.45, 2.75) is 32.2 Å². The number of aryl methyl sites for hydroxylation is 1. The number of carbonyl (C=O) groups excluding carboxylic acids is 1. The zero-order valence-corrected chi connectivity index (χ0v) is 17.1. The molecular formula is C20H19BrClN3O2. The highest BCUT2D eigenvalue weighted by atomic mass is 79.9. The van der Waals surface area contributed by atoms with Crippen LogP contribution >= 0.6 is 27.5 Å². The predicted molar refractivity (Wildman–Crippen MR) is 108 cm³/mol. The van der Waals surface area contributed by atoms with E-state index in [9.17, 15) is 4.79 Å². The summed E-state index contributed by atoms with van der Waals surface area (Å²) in [7, 11) is 0. The summed E-state index contributed by atoms with van der Waals surface area (Å²) in [4.78, 5) is 16.5. The molecule has 0 saturated heterocycles. The molecule has 1 heterocycles. The predicted octanol–water partition coefficient (Wildman–Crippen LogP) is 5.35. The molecule has 1 unspecified atom stereocenters. The van der Waals surface area contributed by atoms with Gasteiger partial charge in [0, 0.05) is 27.9 Å². The van der Waals surface area contributed by atoms with Crippen LogP contribution in [0.1, 0.15) is 37.3 Å². The van der Waals surface area contributed by atoms with Crippen LogP contribution in [0.3, 0.4) is 0 Å². The van der Waals surface area contributed by atoms with Gasteiger partial charge in [-0.1, -0.05) is 44.8 Å². The fraction of sp³-hybridized carbons (Fsp3) is 0.250. The molecule has 1 N–H and O–H groups in total. The molecule has 1 aromatic heterocycles. The minimum absolute atomic E-state index is 0.0000782. The van der Waals surface area contributed by atoms with Gasteiger partial charge in [-0.15, -0.1) is 0 Å². The van der Waals surface area contributed by atoms with E-state index in [4.69, 9.17) is 16.1 Å². The summed E-state index contributed by atoms with van der Waals surface area (Å²) in [5.41, 5.74) is 1.90. The van der Waals surface area contributed by atoms with Crippen molar-refractivity contribution < 1.29 is 9.32 Å². The zero-order valence-electron chi connectivity index (χ0n) is 14.8. The molecule has 1 atom stereocenters. The smallest absolute Gasteiger partial charge is 0.226 e. The van der Waals surface area contributed by atoms with Gasteiger partial charge in [-0.05, 0) is 55.3 Å². The SMILES string of the molecule is CC(NC(=O)CCCc1nc(-c2ccc(Cl)cc2)no1)c1cccc(Br)c1. The van der Waals surface area contributed by atoms with E-state index in [1.54, 1.807) is 12.1 Å². The van der Waals surface area contributed by atoms with Crippen LogP contribution in [0.15, 0.2) is 57.5 Å². The first-order valence-electron chi connectivity index (χ1n) is 8.64. The molecule has 0 fully saturated rings. The van der Waals surface area contributed by atoms with Gasteiger partial charge in [-0.3, -0.25) is 4.79 Å². The summed E-state index contributed by atoms with van der Waals surface area (Å²) < 4.78 is 6.26. The van der Waals surface area contributed by atoms with Gasteiger partial charge < -0.3 is 9.84 Å². The first kappa shape index (κ1) is 19.6. The molecule has 5 nitrogen and oxygen atoms in total. The maximum Gasteiger partial charge on any atom is 0.226 e. The van der Waals surface area contributed by atoms with Crippen LogP contribution in [0.4, 0.5) is 0 Å². The molecule has 140 valence electrons. The van der Waals surface area contributed by atoms with Gasteiger partial charge in [0.25, 0.3) is 0 Å². The molecule has 0 aliphatic heterocycles. The molecule has 0 radical (unpaired) electrons. The molecule has 0 aliphatic rings.